The van der Waals surface area contributed by atoms with E-state index in [2.05, 4.69) is 10.1 Å². The van der Waals surface area contributed by atoms with E-state index in [4.69, 9.17) is 44.5 Å². The minimum atomic E-state index is -0.349. The maximum absolute atomic E-state index is 13.0. The second-order valence-corrected chi connectivity index (χ2v) is 9.49. The van der Waals surface area contributed by atoms with E-state index in [0.717, 1.165) is 22.4 Å². The number of aryl methyl sites for hydroxylation is 1. The fourth-order valence-corrected chi connectivity index (χ4v) is 5.15. The SMILES string of the molecule is CCc1[nH]n(-c2c(Cl)cc(Cl)cc2Cl)c2nc(Cc3ccc(-c4ccc(OC)cc4)cc3)nc(=O)c1-2. The number of nitrogens with one attached hydrogen (secondary N) is 1. The average Bonchev–Trinajstić information content (AvgIpc) is 3.23. The summed E-state index contributed by atoms with van der Waals surface area (Å²) in [6.07, 6.45) is 0.972. The van der Waals surface area contributed by atoms with Gasteiger partial charge in [-0.05, 0) is 47.4 Å². The van der Waals surface area contributed by atoms with Crippen LogP contribution < -0.4 is 10.3 Å². The van der Waals surface area contributed by atoms with Crippen molar-refractivity contribution in [2.24, 2.45) is 0 Å². The third-order valence-corrected chi connectivity index (χ3v) is 6.76. The Morgan fingerprint density at radius 2 is 1.53 bits per heavy atom. The second kappa shape index (κ2) is 9.97. The summed E-state index contributed by atoms with van der Waals surface area (Å²) >= 11 is 19.0. The average molecular weight is 540 g/mol. The smallest absolute Gasteiger partial charge is 0.284 e. The lowest BCUT2D eigenvalue weighted by molar-refractivity contribution is 0.415. The second-order valence-electron chi connectivity index (χ2n) is 8.24. The number of H-pyrrole nitrogens is 1. The quantitative estimate of drug-likeness (QED) is 0.256. The molecule has 0 atom stereocenters. The molecule has 0 aliphatic carbocycles. The number of aromatic nitrogens is 4. The number of fused-ring (bicyclic) bond motifs is 1. The van der Waals surface area contributed by atoms with Gasteiger partial charge in [0.05, 0.1) is 17.2 Å². The largest absolute Gasteiger partial charge is 0.497 e. The van der Waals surface area contributed by atoms with Crippen molar-refractivity contribution in [1.82, 2.24) is 19.7 Å². The van der Waals surface area contributed by atoms with Gasteiger partial charge in [-0.15, -0.1) is 0 Å². The molecule has 2 aliphatic rings. The minimum absolute atomic E-state index is 0.338. The van der Waals surface area contributed by atoms with Gasteiger partial charge in [-0.3, -0.25) is 9.89 Å². The third-order valence-electron chi connectivity index (χ3n) is 5.96. The van der Waals surface area contributed by atoms with Gasteiger partial charge in [0.25, 0.3) is 5.56 Å². The fourth-order valence-electron chi connectivity index (χ4n) is 4.17. The summed E-state index contributed by atoms with van der Waals surface area (Å²) in [4.78, 5) is 22.1. The van der Waals surface area contributed by atoms with Crippen LogP contribution in [0.15, 0.2) is 65.5 Å². The van der Waals surface area contributed by atoms with E-state index in [-0.39, 0.29) is 5.56 Å². The zero-order valence-corrected chi connectivity index (χ0v) is 21.7. The van der Waals surface area contributed by atoms with Gasteiger partial charge < -0.3 is 4.74 Å². The van der Waals surface area contributed by atoms with E-state index in [1.165, 1.54) is 0 Å². The Balaban J connectivity index is 1.52. The van der Waals surface area contributed by atoms with Crippen molar-refractivity contribution in [1.29, 1.82) is 0 Å². The Morgan fingerprint density at radius 3 is 2.11 bits per heavy atom. The molecule has 0 saturated heterocycles. The first kappa shape index (κ1) is 24.4. The predicted octanol–water partition coefficient (Wildman–Crippen LogP) is 6.85. The molecule has 0 aromatic heterocycles. The molecule has 36 heavy (non-hydrogen) atoms. The highest BCUT2D eigenvalue weighted by Gasteiger charge is 2.25. The molecule has 0 saturated carbocycles. The molecule has 3 aromatic carbocycles. The molecular formula is C27H21Cl3N4O2. The molecular weight excluding hydrogens is 519 g/mol. The van der Waals surface area contributed by atoms with E-state index in [1.807, 2.05) is 55.5 Å². The van der Waals surface area contributed by atoms with E-state index >= 15 is 0 Å². The van der Waals surface area contributed by atoms with E-state index in [0.29, 0.717) is 56.5 Å². The number of benzene rings is 3. The number of hydrogen-bond acceptors (Lipinski definition) is 4. The summed E-state index contributed by atoms with van der Waals surface area (Å²) in [7, 11) is 1.65. The first-order valence-corrected chi connectivity index (χ1v) is 12.4. The first-order valence-electron chi connectivity index (χ1n) is 11.3. The van der Waals surface area contributed by atoms with Crippen LogP contribution in [-0.4, -0.2) is 26.9 Å². The Kier molecular flexibility index (Phi) is 6.75. The Morgan fingerprint density at radius 1 is 0.917 bits per heavy atom. The number of nitrogens with zero attached hydrogens (tertiary/aromatic N) is 3. The zero-order chi connectivity index (χ0) is 25.4. The molecule has 2 heterocycles. The number of methoxy groups -OCH3 is 1. The maximum atomic E-state index is 13.0. The van der Waals surface area contributed by atoms with Crippen LogP contribution in [0.2, 0.25) is 15.1 Å². The molecule has 0 fully saturated rings. The number of rotatable bonds is 6. The van der Waals surface area contributed by atoms with Gasteiger partial charge in [-0.1, -0.05) is 78.1 Å². The lowest BCUT2D eigenvalue weighted by Gasteiger charge is -2.12. The summed E-state index contributed by atoms with van der Waals surface area (Å²) < 4.78 is 6.86. The van der Waals surface area contributed by atoms with Crippen LogP contribution in [0.25, 0.3) is 28.2 Å². The third kappa shape index (κ3) is 4.60. The molecule has 0 radical (unpaired) electrons. The van der Waals surface area contributed by atoms with Gasteiger partial charge in [0.2, 0.25) is 0 Å². The normalized spacial score (nSPS) is 11.2. The number of aromatic amines is 1. The molecule has 182 valence electrons. The molecule has 6 nitrogen and oxygen atoms in total. The van der Waals surface area contributed by atoms with Crippen LogP contribution in [0.5, 0.6) is 5.75 Å². The summed E-state index contributed by atoms with van der Waals surface area (Å²) in [6, 6.07) is 19.2. The highest BCUT2D eigenvalue weighted by Crippen LogP contribution is 2.35. The molecule has 2 aliphatic heterocycles. The summed E-state index contributed by atoms with van der Waals surface area (Å²) in [5.74, 6) is 1.63. The van der Waals surface area contributed by atoms with Crippen LogP contribution in [0.1, 0.15) is 24.0 Å². The molecule has 5 rings (SSSR count). The van der Waals surface area contributed by atoms with Gasteiger partial charge in [0, 0.05) is 17.1 Å². The lowest BCUT2D eigenvalue weighted by Crippen LogP contribution is -2.17. The topological polar surface area (TPSA) is 72.8 Å². The highest BCUT2D eigenvalue weighted by atomic mass is 35.5. The van der Waals surface area contributed by atoms with Crippen molar-refractivity contribution in [2.45, 2.75) is 19.8 Å². The van der Waals surface area contributed by atoms with Gasteiger partial charge >= 0.3 is 0 Å². The lowest BCUT2D eigenvalue weighted by atomic mass is 10.0. The highest BCUT2D eigenvalue weighted by molar-refractivity contribution is 6.40. The number of hydrogen-bond donors (Lipinski definition) is 1. The summed E-state index contributed by atoms with van der Waals surface area (Å²) in [5, 5.41) is 4.31. The van der Waals surface area contributed by atoms with Crippen molar-refractivity contribution >= 4 is 34.8 Å². The standard InChI is InChI=1S/C27H21Cl3N4O2/c1-3-22-24-26(34(33-22)25-20(29)13-18(28)14-21(25)30)31-23(32-27(24)35)12-15-4-6-16(7-5-15)17-8-10-19(36-2)11-9-17/h4-11,13-14,33H,3,12H2,1-2H3. The van der Waals surface area contributed by atoms with Crippen LogP contribution in [0.3, 0.4) is 0 Å². The molecule has 0 bridgehead atoms. The van der Waals surface area contributed by atoms with E-state index in [9.17, 15) is 4.79 Å². The van der Waals surface area contributed by atoms with E-state index in [1.54, 1.807) is 23.9 Å². The number of ether oxygens (including phenoxy) is 1. The molecule has 1 N–H and O–H groups in total. The number of halogens is 3. The van der Waals surface area contributed by atoms with Crippen LogP contribution in [0, 0.1) is 0 Å². The predicted molar refractivity (Wildman–Crippen MR) is 144 cm³/mol. The van der Waals surface area contributed by atoms with Crippen molar-refractivity contribution in [2.75, 3.05) is 7.11 Å². The fraction of sp³-hybridized carbons (Fsp3) is 0.148. The Bertz CT molecular complexity index is 1550. The molecule has 3 aromatic rings. The van der Waals surface area contributed by atoms with Crippen molar-refractivity contribution in [3.63, 3.8) is 0 Å². The summed E-state index contributed by atoms with van der Waals surface area (Å²) in [6.45, 7) is 1.94. The van der Waals surface area contributed by atoms with Gasteiger partial charge in [-0.2, -0.15) is 4.98 Å². The van der Waals surface area contributed by atoms with Crippen molar-refractivity contribution in [3.8, 4) is 34.0 Å². The van der Waals surface area contributed by atoms with Crippen LogP contribution in [-0.2, 0) is 12.8 Å². The van der Waals surface area contributed by atoms with Gasteiger partial charge in [0.15, 0.2) is 5.82 Å². The van der Waals surface area contributed by atoms with Crippen LogP contribution >= 0.6 is 34.8 Å². The molecule has 0 unspecified atom stereocenters. The first-order chi connectivity index (χ1) is 17.4. The Labute approximate surface area is 222 Å². The van der Waals surface area contributed by atoms with Gasteiger partial charge in [-0.25, -0.2) is 9.67 Å². The monoisotopic (exact) mass is 538 g/mol. The van der Waals surface area contributed by atoms with Crippen molar-refractivity contribution < 1.29 is 4.74 Å². The summed E-state index contributed by atoms with van der Waals surface area (Å²) in [5.41, 5.74) is 4.37. The molecule has 0 amide bonds. The maximum Gasteiger partial charge on any atom is 0.284 e. The van der Waals surface area contributed by atoms with Gasteiger partial charge in [0.1, 0.15) is 22.8 Å². The Hall–Kier alpha value is -3.32. The molecule has 0 spiro atoms. The zero-order valence-electron chi connectivity index (χ0n) is 19.5. The van der Waals surface area contributed by atoms with Crippen LogP contribution in [0.4, 0.5) is 0 Å². The van der Waals surface area contributed by atoms with Crippen molar-refractivity contribution in [3.05, 3.63) is 103 Å². The molecule has 9 heteroatoms. The van der Waals surface area contributed by atoms with E-state index < -0.39 is 0 Å². The minimum Gasteiger partial charge on any atom is -0.497 e.